The van der Waals surface area contributed by atoms with Gasteiger partial charge in [0, 0.05) is 25.7 Å². The molecule has 2 heterocycles. The van der Waals surface area contributed by atoms with Crippen molar-refractivity contribution in [3.05, 3.63) is 34.4 Å². The van der Waals surface area contributed by atoms with Crippen LogP contribution in [0.15, 0.2) is 24.3 Å². The highest BCUT2D eigenvalue weighted by atomic mass is 35.5. The molecule has 0 radical (unpaired) electrons. The van der Waals surface area contributed by atoms with E-state index < -0.39 is 4.92 Å². The summed E-state index contributed by atoms with van der Waals surface area (Å²) in [6.07, 6.45) is 3.25. The lowest BCUT2D eigenvalue weighted by atomic mass is 9.78. The molecule has 2 aliphatic rings. The van der Waals surface area contributed by atoms with Crippen LogP contribution in [0.5, 0.6) is 5.75 Å². The van der Waals surface area contributed by atoms with Crippen molar-refractivity contribution < 1.29 is 14.5 Å². The van der Waals surface area contributed by atoms with Gasteiger partial charge in [-0.05, 0) is 37.3 Å². The van der Waals surface area contributed by atoms with E-state index in [0.717, 1.165) is 39.0 Å². The molecule has 0 saturated carbocycles. The Bertz CT molecular complexity index is 595. The van der Waals surface area contributed by atoms with E-state index >= 15 is 0 Å². The Balaban J connectivity index is 0.00000208. The smallest absolute Gasteiger partial charge is 0.273 e. The summed E-state index contributed by atoms with van der Waals surface area (Å²) in [6, 6.07) is 5.91. The third-order valence-electron chi connectivity index (χ3n) is 4.90. The van der Waals surface area contributed by atoms with Crippen LogP contribution < -0.4 is 10.1 Å². The van der Waals surface area contributed by atoms with Gasteiger partial charge in [0.05, 0.1) is 11.0 Å². The van der Waals surface area contributed by atoms with Crippen molar-refractivity contribution >= 4 is 24.0 Å². The zero-order chi connectivity index (χ0) is 16.3. The maximum atomic E-state index is 12.2. The first-order valence-corrected chi connectivity index (χ1v) is 7.94. The number of nitrogens with zero attached hydrogens (tertiary/aromatic N) is 2. The zero-order valence-electron chi connectivity index (χ0n) is 13.4. The molecule has 1 amide bonds. The van der Waals surface area contributed by atoms with Crippen molar-refractivity contribution in [1.29, 1.82) is 0 Å². The minimum atomic E-state index is -0.478. The van der Waals surface area contributed by atoms with E-state index in [2.05, 4.69) is 5.32 Å². The van der Waals surface area contributed by atoms with E-state index in [1.54, 1.807) is 12.1 Å². The minimum Gasteiger partial charge on any atom is -0.484 e. The van der Waals surface area contributed by atoms with Crippen LogP contribution in [0.3, 0.4) is 0 Å². The van der Waals surface area contributed by atoms with E-state index in [0.29, 0.717) is 11.2 Å². The van der Waals surface area contributed by atoms with E-state index in [1.165, 1.54) is 18.6 Å². The second kappa shape index (κ2) is 7.81. The largest absolute Gasteiger partial charge is 0.484 e. The number of nitrogens with one attached hydrogen (secondary N) is 1. The number of halogens is 1. The number of hydrogen-bond donors (Lipinski definition) is 1. The number of nitro benzene ring substituents is 1. The lowest BCUT2D eigenvalue weighted by molar-refractivity contribution is -0.384. The summed E-state index contributed by atoms with van der Waals surface area (Å²) in [5.41, 5.74) is 0.334. The number of carbonyl (C=O) groups is 1. The fraction of sp³-hybridized carbons (Fsp3) is 0.562. The number of amides is 1. The average Bonchev–Trinajstić information content (AvgIpc) is 3.01. The molecule has 132 valence electrons. The van der Waals surface area contributed by atoms with Gasteiger partial charge in [0.25, 0.3) is 11.6 Å². The van der Waals surface area contributed by atoms with Gasteiger partial charge in [0.15, 0.2) is 6.61 Å². The topological polar surface area (TPSA) is 84.7 Å². The van der Waals surface area contributed by atoms with Crippen molar-refractivity contribution in [2.45, 2.75) is 19.3 Å². The second-order valence-electron chi connectivity index (χ2n) is 6.35. The van der Waals surface area contributed by atoms with Crippen LogP contribution >= 0.6 is 12.4 Å². The van der Waals surface area contributed by atoms with Crippen molar-refractivity contribution in [2.24, 2.45) is 5.41 Å². The predicted octanol–water partition coefficient (Wildman–Crippen LogP) is 2.00. The molecule has 1 aromatic carbocycles. The van der Waals surface area contributed by atoms with Crippen molar-refractivity contribution in [1.82, 2.24) is 10.2 Å². The molecule has 3 rings (SSSR count). The molecule has 0 aliphatic carbocycles. The van der Waals surface area contributed by atoms with Crippen LogP contribution in [0, 0.1) is 15.5 Å². The Kier molecular flexibility index (Phi) is 6.01. The molecule has 0 atom stereocenters. The highest BCUT2D eigenvalue weighted by molar-refractivity contribution is 5.85. The summed E-state index contributed by atoms with van der Waals surface area (Å²) in [5, 5.41) is 14.1. The van der Waals surface area contributed by atoms with Crippen molar-refractivity contribution in [2.75, 3.05) is 32.8 Å². The number of non-ortho nitro benzene ring substituents is 1. The number of ether oxygens (including phenoxy) is 1. The summed E-state index contributed by atoms with van der Waals surface area (Å²) < 4.78 is 5.42. The molecule has 2 fully saturated rings. The lowest BCUT2D eigenvalue weighted by Crippen LogP contribution is -2.45. The van der Waals surface area contributed by atoms with E-state index in [4.69, 9.17) is 4.74 Å². The Morgan fingerprint density at radius 2 is 2.08 bits per heavy atom. The SMILES string of the molecule is Cl.O=C(COc1cccc([N+](=O)[O-])c1)N1CCC2(CCNC2)CC1. The van der Waals surface area contributed by atoms with Gasteiger partial charge >= 0.3 is 0 Å². The first-order valence-electron chi connectivity index (χ1n) is 7.94. The fourth-order valence-corrected chi connectivity index (χ4v) is 3.38. The summed E-state index contributed by atoms with van der Waals surface area (Å²) in [5.74, 6) is 0.290. The Morgan fingerprint density at radius 1 is 1.33 bits per heavy atom. The summed E-state index contributed by atoms with van der Waals surface area (Å²) in [7, 11) is 0. The Morgan fingerprint density at radius 3 is 2.71 bits per heavy atom. The Labute approximate surface area is 146 Å². The number of carbonyl (C=O) groups excluding carboxylic acids is 1. The first-order chi connectivity index (χ1) is 11.1. The van der Waals surface area contributed by atoms with E-state index in [9.17, 15) is 14.9 Å². The molecule has 1 spiro atoms. The minimum absolute atomic E-state index is 0. The first kappa shape index (κ1) is 18.5. The summed E-state index contributed by atoms with van der Waals surface area (Å²) >= 11 is 0. The molecule has 24 heavy (non-hydrogen) atoms. The Hall–Kier alpha value is -1.86. The molecular formula is C16H22ClN3O4. The average molecular weight is 356 g/mol. The van der Waals surface area contributed by atoms with Gasteiger partial charge in [0.1, 0.15) is 5.75 Å². The van der Waals surface area contributed by atoms with Crippen LogP contribution in [0.2, 0.25) is 0 Å². The van der Waals surface area contributed by atoms with Crippen LogP contribution in [-0.2, 0) is 4.79 Å². The number of hydrogen-bond acceptors (Lipinski definition) is 5. The molecule has 0 unspecified atom stereocenters. The molecule has 2 aliphatic heterocycles. The molecule has 2 saturated heterocycles. The van der Waals surface area contributed by atoms with Crippen LogP contribution in [-0.4, -0.2) is 48.5 Å². The highest BCUT2D eigenvalue weighted by Crippen LogP contribution is 2.36. The lowest BCUT2D eigenvalue weighted by Gasteiger charge is -2.38. The number of piperidine rings is 1. The summed E-state index contributed by atoms with van der Waals surface area (Å²) in [6.45, 7) is 3.58. The normalized spacial score (nSPS) is 18.9. The van der Waals surface area contributed by atoms with Crippen molar-refractivity contribution in [3.63, 3.8) is 0 Å². The number of benzene rings is 1. The molecular weight excluding hydrogens is 334 g/mol. The molecule has 0 bridgehead atoms. The standard InChI is InChI=1S/C16H21N3O4.ClH/c20-15(11-23-14-3-1-2-13(10-14)19(21)22)18-8-5-16(6-9-18)4-7-17-12-16;/h1-3,10,17H,4-9,11-12H2;1H. The van der Waals surface area contributed by atoms with Gasteiger partial charge in [-0.1, -0.05) is 6.07 Å². The van der Waals surface area contributed by atoms with Crippen LogP contribution in [0.4, 0.5) is 5.69 Å². The van der Waals surface area contributed by atoms with Gasteiger partial charge in [-0.3, -0.25) is 14.9 Å². The van der Waals surface area contributed by atoms with Crippen molar-refractivity contribution in [3.8, 4) is 5.75 Å². The van der Waals surface area contributed by atoms with E-state index in [-0.39, 0.29) is 30.6 Å². The van der Waals surface area contributed by atoms with E-state index in [1.807, 2.05) is 4.90 Å². The van der Waals surface area contributed by atoms with Gasteiger partial charge < -0.3 is 15.0 Å². The van der Waals surface area contributed by atoms with Gasteiger partial charge in [-0.15, -0.1) is 12.4 Å². The second-order valence-corrected chi connectivity index (χ2v) is 6.35. The maximum Gasteiger partial charge on any atom is 0.273 e. The number of nitro groups is 1. The van der Waals surface area contributed by atoms with Crippen LogP contribution in [0.25, 0.3) is 0 Å². The molecule has 1 N–H and O–H groups in total. The fourth-order valence-electron chi connectivity index (χ4n) is 3.38. The zero-order valence-corrected chi connectivity index (χ0v) is 14.2. The van der Waals surface area contributed by atoms with Gasteiger partial charge in [0.2, 0.25) is 0 Å². The number of rotatable bonds is 4. The predicted molar refractivity (Wildman–Crippen MR) is 91.6 cm³/mol. The number of likely N-dealkylation sites (tertiary alicyclic amines) is 1. The molecule has 7 nitrogen and oxygen atoms in total. The summed E-state index contributed by atoms with van der Waals surface area (Å²) in [4.78, 5) is 24.3. The van der Waals surface area contributed by atoms with Gasteiger partial charge in [-0.25, -0.2) is 0 Å². The monoisotopic (exact) mass is 355 g/mol. The third kappa shape index (κ3) is 4.15. The third-order valence-corrected chi connectivity index (χ3v) is 4.90. The molecule has 1 aromatic rings. The highest BCUT2D eigenvalue weighted by Gasteiger charge is 2.38. The van der Waals surface area contributed by atoms with Gasteiger partial charge in [-0.2, -0.15) is 0 Å². The van der Waals surface area contributed by atoms with Crippen LogP contribution in [0.1, 0.15) is 19.3 Å². The molecule has 0 aromatic heterocycles. The quantitative estimate of drug-likeness (QED) is 0.659. The molecule has 8 heteroatoms. The maximum absolute atomic E-state index is 12.2.